The lowest BCUT2D eigenvalue weighted by Crippen LogP contribution is -2.29. The van der Waals surface area contributed by atoms with E-state index in [-0.39, 0.29) is 0 Å². The molecule has 168 valence electrons. The van der Waals surface area contributed by atoms with Gasteiger partial charge in [0.05, 0.1) is 6.21 Å². The number of hydrogen-bond donors (Lipinski definition) is 2. The summed E-state index contributed by atoms with van der Waals surface area (Å²) in [5.74, 6) is 0.390. The number of nitrogens with one attached hydrogen (secondary N) is 2. The zero-order chi connectivity index (χ0) is 23.2. The van der Waals surface area contributed by atoms with Crippen molar-refractivity contribution in [1.29, 1.82) is 0 Å². The normalized spacial score (nSPS) is 12.0. The van der Waals surface area contributed by atoms with Gasteiger partial charge in [0.15, 0.2) is 11.2 Å². The summed E-state index contributed by atoms with van der Waals surface area (Å²) in [7, 11) is 1.58. The maximum absolute atomic E-state index is 12.6. The maximum atomic E-state index is 12.6. The molecule has 4 rings (SSSR count). The summed E-state index contributed by atoms with van der Waals surface area (Å²) in [5.41, 5.74) is 4.83. The van der Waals surface area contributed by atoms with E-state index in [1.807, 2.05) is 54.6 Å². The molecule has 2 aromatic heterocycles. The molecule has 0 aliphatic rings. The van der Waals surface area contributed by atoms with Crippen molar-refractivity contribution in [2.75, 3.05) is 5.43 Å². The molecule has 0 amide bonds. The first-order valence-corrected chi connectivity index (χ1v) is 11.3. The van der Waals surface area contributed by atoms with Crippen LogP contribution in [0.1, 0.15) is 17.5 Å². The predicted molar refractivity (Wildman–Crippen MR) is 136 cm³/mol. The van der Waals surface area contributed by atoms with Gasteiger partial charge in [0.1, 0.15) is 0 Å². The molecule has 9 heteroatoms. The van der Waals surface area contributed by atoms with Crippen molar-refractivity contribution in [2.24, 2.45) is 12.1 Å². The number of fused-ring (bicyclic) bond motifs is 1. The highest BCUT2D eigenvalue weighted by molar-refractivity contribution is 9.12. The topological polar surface area (TPSA) is 97.1 Å². The predicted octanol–water partition coefficient (Wildman–Crippen LogP) is 3.89. The minimum absolute atomic E-state index is 0.306. The number of aromatic amines is 1. The fourth-order valence-corrected chi connectivity index (χ4v) is 3.89. The van der Waals surface area contributed by atoms with Crippen LogP contribution in [0.3, 0.4) is 0 Å². The first-order valence-electron chi connectivity index (χ1n) is 10.5. The Balaban J connectivity index is 1.60. The van der Waals surface area contributed by atoms with Crippen LogP contribution in [0.15, 0.2) is 79.8 Å². The van der Waals surface area contributed by atoms with E-state index >= 15 is 0 Å². The molecule has 0 spiro atoms. The van der Waals surface area contributed by atoms with Gasteiger partial charge in [-0.1, -0.05) is 60.7 Å². The Labute approximate surface area is 198 Å². The van der Waals surface area contributed by atoms with Crippen molar-refractivity contribution < 1.29 is 0 Å². The number of hydrazone groups is 1. The minimum atomic E-state index is -0.509. The van der Waals surface area contributed by atoms with Gasteiger partial charge in [0, 0.05) is 18.1 Å². The molecule has 0 saturated heterocycles. The molecule has 0 fully saturated rings. The van der Waals surface area contributed by atoms with E-state index in [2.05, 4.69) is 48.6 Å². The summed E-state index contributed by atoms with van der Waals surface area (Å²) in [6, 6.07) is 20.0. The maximum Gasteiger partial charge on any atom is 0.329 e. The van der Waals surface area contributed by atoms with Crippen LogP contribution in [-0.4, -0.2) is 25.3 Å². The summed E-state index contributed by atoms with van der Waals surface area (Å²) in [5, 5.41) is 4.27. The van der Waals surface area contributed by atoms with E-state index in [1.54, 1.807) is 17.8 Å². The van der Waals surface area contributed by atoms with Crippen molar-refractivity contribution in [3.05, 3.63) is 97.1 Å². The summed E-state index contributed by atoms with van der Waals surface area (Å²) in [6.07, 6.45) is 5.18. The van der Waals surface area contributed by atoms with Crippen LogP contribution in [0, 0.1) is 0 Å². The number of aryl methyl sites for hydroxylation is 3. The van der Waals surface area contributed by atoms with E-state index in [0.717, 1.165) is 22.9 Å². The van der Waals surface area contributed by atoms with Crippen molar-refractivity contribution in [3.8, 4) is 0 Å². The molecule has 0 bridgehead atoms. The number of imidazole rings is 1. The van der Waals surface area contributed by atoms with Crippen LogP contribution in [0.5, 0.6) is 0 Å². The van der Waals surface area contributed by atoms with Gasteiger partial charge in [-0.15, -0.1) is 0 Å². The van der Waals surface area contributed by atoms with Crippen LogP contribution in [0.25, 0.3) is 17.2 Å². The Morgan fingerprint density at radius 1 is 1.12 bits per heavy atom. The first kappa shape index (κ1) is 22.5. The van der Waals surface area contributed by atoms with Gasteiger partial charge in [-0.25, -0.2) is 10.2 Å². The van der Waals surface area contributed by atoms with Gasteiger partial charge in [-0.3, -0.25) is 14.3 Å². The number of aromatic nitrogens is 4. The summed E-state index contributed by atoms with van der Waals surface area (Å²) >= 11 is 3.49. The molecular weight excluding hydrogens is 484 g/mol. The van der Waals surface area contributed by atoms with Gasteiger partial charge >= 0.3 is 5.69 Å². The molecule has 0 unspecified atom stereocenters. The van der Waals surface area contributed by atoms with E-state index in [4.69, 9.17) is 0 Å². The molecule has 0 aliphatic heterocycles. The number of benzene rings is 2. The van der Waals surface area contributed by atoms with Crippen molar-refractivity contribution in [2.45, 2.75) is 19.4 Å². The number of allylic oxidation sites excluding steroid dienone is 1. The summed E-state index contributed by atoms with van der Waals surface area (Å²) < 4.78 is 3.85. The summed E-state index contributed by atoms with van der Waals surface area (Å²) in [6.45, 7) is 0.533. The fourth-order valence-electron chi connectivity index (χ4n) is 3.52. The molecule has 0 saturated carbocycles. The molecule has 2 N–H and O–H groups in total. The molecular formula is C24H23BrN6O2. The first-order chi connectivity index (χ1) is 16.0. The number of hydrogen-bond acceptors (Lipinski definition) is 5. The van der Waals surface area contributed by atoms with E-state index in [9.17, 15) is 9.59 Å². The van der Waals surface area contributed by atoms with Crippen LogP contribution in [0.4, 0.5) is 5.95 Å². The number of nitrogens with zero attached hydrogens (tertiary/aromatic N) is 4. The molecule has 2 heterocycles. The molecule has 0 aliphatic carbocycles. The lowest BCUT2D eigenvalue weighted by Gasteiger charge is -2.08. The minimum Gasteiger partial charge on any atom is -0.303 e. The van der Waals surface area contributed by atoms with Crippen molar-refractivity contribution in [1.82, 2.24) is 19.1 Å². The van der Waals surface area contributed by atoms with Gasteiger partial charge in [-0.05, 0) is 46.0 Å². The fraction of sp³-hybridized carbons (Fsp3) is 0.167. The average Bonchev–Trinajstić information content (AvgIpc) is 3.18. The Hall–Kier alpha value is -3.72. The second-order valence-corrected chi connectivity index (χ2v) is 8.39. The van der Waals surface area contributed by atoms with E-state index < -0.39 is 11.2 Å². The van der Waals surface area contributed by atoms with Crippen molar-refractivity contribution in [3.63, 3.8) is 0 Å². The zero-order valence-corrected chi connectivity index (χ0v) is 19.6. The van der Waals surface area contributed by atoms with Gasteiger partial charge in [0.2, 0.25) is 5.95 Å². The van der Waals surface area contributed by atoms with Gasteiger partial charge in [0.25, 0.3) is 5.56 Å². The molecule has 8 nitrogen and oxygen atoms in total. The lowest BCUT2D eigenvalue weighted by molar-refractivity contribution is 0.659. The van der Waals surface area contributed by atoms with Crippen LogP contribution >= 0.6 is 15.9 Å². The molecule has 33 heavy (non-hydrogen) atoms. The number of anilines is 1. The van der Waals surface area contributed by atoms with Crippen LogP contribution in [-0.2, 0) is 20.0 Å². The largest absolute Gasteiger partial charge is 0.329 e. The number of halogens is 1. The van der Waals surface area contributed by atoms with Crippen LogP contribution in [0.2, 0.25) is 0 Å². The quantitative estimate of drug-likeness (QED) is 0.279. The average molecular weight is 507 g/mol. The van der Waals surface area contributed by atoms with E-state index in [1.165, 1.54) is 10.1 Å². The third-order valence-electron chi connectivity index (χ3n) is 5.15. The smallest absolute Gasteiger partial charge is 0.303 e. The second-order valence-electron chi connectivity index (χ2n) is 7.48. The SMILES string of the molecule is Cn1c(=O)[nH]c(=O)c2c1nc(N/N=C\C(Br)=C/c1ccccc1)n2CCCc1ccccc1. The molecule has 0 radical (unpaired) electrons. The van der Waals surface area contributed by atoms with E-state index in [0.29, 0.717) is 23.7 Å². The molecule has 2 aromatic carbocycles. The Morgan fingerprint density at radius 3 is 2.55 bits per heavy atom. The Morgan fingerprint density at radius 2 is 1.82 bits per heavy atom. The summed E-state index contributed by atoms with van der Waals surface area (Å²) in [4.78, 5) is 31.5. The Kier molecular flexibility index (Phi) is 6.99. The Bertz CT molecular complexity index is 1420. The highest BCUT2D eigenvalue weighted by Crippen LogP contribution is 2.17. The zero-order valence-electron chi connectivity index (χ0n) is 18.0. The van der Waals surface area contributed by atoms with Gasteiger partial charge in [-0.2, -0.15) is 10.1 Å². The highest BCUT2D eigenvalue weighted by Gasteiger charge is 2.17. The number of rotatable bonds is 8. The monoisotopic (exact) mass is 506 g/mol. The third-order valence-corrected chi connectivity index (χ3v) is 5.59. The molecule has 0 atom stereocenters. The lowest BCUT2D eigenvalue weighted by atomic mass is 10.1. The van der Waals surface area contributed by atoms with Crippen LogP contribution < -0.4 is 16.7 Å². The standard InChI is InChI=1S/C24H23BrN6O2/c1-30-21-20(22(32)28-24(30)33)31(14-8-13-17-9-4-2-5-10-17)23(27-21)29-26-16-19(25)15-18-11-6-3-7-12-18/h2-7,9-12,15-16H,8,13-14H2,1H3,(H,27,29)(H,28,32,33)/b19-15+,26-16-. The number of H-pyrrole nitrogens is 1. The van der Waals surface area contributed by atoms with Gasteiger partial charge < -0.3 is 4.57 Å². The second kappa shape index (κ2) is 10.3. The highest BCUT2D eigenvalue weighted by atomic mass is 79.9. The molecule has 4 aromatic rings. The third kappa shape index (κ3) is 5.38. The van der Waals surface area contributed by atoms with Crippen molar-refractivity contribution >= 4 is 45.3 Å².